The summed E-state index contributed by atoms with van der Waals surface area (Å²) in [5.74, 6) is 1.24. The lowest BCUT2D eigenvalue weighted by Crippen LogP contribution is -2.35. The summed E-state index contributed by atoms with van der Waals surface area (Å²) in [5.41, 5.74) is 3.36. The normalized spacial score (nSPS) is 15.0. The first kappa shape index (κ1) is 29.2. The van der Waals surface area contributed by atoms with Crippen molar-refractivity contribution >= 4 is 17.3 Å². The predicted octanol–water partition coefficient (Wildman–Crippen LogP) is 7.06. The van der Waals surface area contributed by atoms with Crippen LogP contribution in [0.1, 0.15) is 98.2 Å². The van der Waals surface area contributed by atoms with Gasteiger partial charge in [-0.3, -0.25) is 4.79 Å². The molecule has 1 aromatic carbocycles. The average molecular weight is 433 g/mol. The molecule has 31 heavy (non-hydrogen) atoms. The van der Waals surface area contributed by atoms with E-state index < -0.39 is 5.60 Å². The highest BCUT2D eigenvalue weighted by atomic mass is 16.3. The second-order valence-corrected chi connectivity index (χ2v) is 8.71. The van der Waals surface area contributed by atoms with E-state index in [9.17, 15) is 9.90 Å². The van der Waals surface area contributed by atoms with Crippen LogP contribution >= 0.6 is 0 Å². The van der Waals surface area contributed by atoms with Crippen molar-refractivity contribution in [2.75, 3.05) is 13.1 Å². The van der Waals surface area contributed by atoms with Crippen LogP contribution in [0.4, 0.5) is 0 Å². The van der Waals surface area contributed by atoms with Crippen LogP contribution in [0, 0.1) is 12.8 Å². The van der Waals surface area contributed by atoms with Gasteiger partial charge < -0.3 is 15.0 Å². The Morgan fingerprint density at radius 2 is 1.74 bits per heavy atom. The van der Waals surface area contributed by atoms with Gasteiger partial charge in [-0.15, -0.1) is 0 Å². The molecule has 178 valence electrons. The molecule has 2 heterocycles. The molecule has 1 amide bonds. The van der Waals surface area contributed by atoms with Crippen molar-refractivity contribution in [3.63, 3.8) is 0 Å². The number of fused-ring (bicyclic) bond motifs is 1. The van der Waals surface area contributed by atoms with Crippen LogP contribution in [0.5, 0.6) is 0 Å². The number of likely N-dealkylation sites (tertiary alicyclic amines) is 1. The molecule has 0 radical (unpaired) electrons. The zero-order chi connectivity index (χ0) is 24.0. The summed E-state index contributed by atoms with van der Waals surface area (Å²) in [6.07, 6.45) is 5.03. The van der Waals surface area contributed by atoms with Crippen molar-refractivity contribution < 1.29 is 9.90 Å². The van der Waals surface area contributed by atoms with E-state index in [0.29, 0.717) is 11.8 Å². The number of carbonyl (C=O) groups is 1. The highest BCUT2D eigenvalue weighted by molar-refractivity contribution is 5.81. The number of aromatic nitrogens is 1. The van der Waals surface area contributed by atoms with Crippen molar-refractivity contribution in [2.45, 2.75) is 99.5 Å². The lowest BCUT2D eigenvalue weighted by atomic mass is 9.86. The lowest BCUT2D eigenvalue weighted by molar-refractivity contribution is -0.119. The van der Waals surface area contributed by atoms with E-state index in [-0.39, 0.29) is 0 Å². The number of aliphatic hydroxyl groups is 1. The van der Waals surface area contributed by atoms with Crippen LogP contribution in [-0.2, 0) is 4.79 Å². The fourth-order valence-corrected chi connectivity index (χ4v) is 3.81. The molecule has 0 bridgehead atoms. The zero-order valence-corrected chi connectivity index (χ0v) is 21.6. The third-order valence-corrected chi connectivity index (χ3v) is 5.55. The molecule has 0 aliphatic carbocycles. The Kier molecular flexibility index (Phi) is 14.2. The first-order valence-corrected chi connectivity index (χ1v) is 12.2. The molecule has 3 rings (SSSR count). The minimum Gasteiger partial charge on any atom is -0.390 e. The van der Waals surface area contributed by atoms with Gasteiger partial charge in [-0.25, -0.2) is 0 Å². The number of hydrogen-bond donors (Lipinski definition) is 2. The first-order valence-electron chi connectivity index (χ1n) is 12.2. The van der Waals surface area contributed by atoms with E-state index in [1.807, 2.05) is 41.5 Å². The quantitative estimate of drug-likeness (QED) is 0.497. The smallest absolute Gasteiger partial charge is 0.209 e. The van der Waals surface area contributed by atoms with Gasteiger partial charge in [0.15, 0.2) is 0 Å². The van der Waals surface area contributed by atoms with Crippen LogP contribution < -0.4 is 0 Å². The van der Waals surface area contributed by atoms with Gasteiger partial charge in [0.05, 0.1) is 5.60 Å². The van der Waals surface area contributed by atoms with Gasteiger partial charge in [-0.1, -0.05) is 47.6 Å². The van der Waals surface area contributed by atoms with Crippen molar-refractivity contribution in [1.29, 1.82) is 0 Å². The first-order chi connectivity index (χ1) is 14.7. The molecule has 1 unspecified atom stereocenters. The van der Waals surface area contributed by atoms with E-state index >= 15 is 0 Å². The van der Waals surface area contributed by atoms with Gasteiger partial charge in [0.25, 0.3) is 0 Å². The fourth-order valence-electron chi connectivity index (χ4n) is 3.81. The molecule has 0 saturated carbocycles. The highest BCUT2D eigenvalue weighted by Crippen LogP contribution is 2.25. The monoisotopic (exact) mass is 432 g/mol. The van der Waals surface area contributed by atoms with Crippen molar-refractivity contribution in [3.05, 3.63) is 35.5 Å². The van der Waals surface area contributed by atoms with Gasteiger partial charge in [-0.2, -0.15) is 0 Å². The maximum atomic E-state index is 10.4. The average Bonchev–Trinajstić information content (AvgIpc) is 3.15. The second kappa shape index (κ2) is 15.1. The van der Waals surface area contributed by atoms with E-state index in [2.05, 4.69) is 50.0 Å². The lowest BCUT2D eigenvalue weighted by Gasteiger charge is -2.32. The number of piperidine rings is 1. The maximum Gasteiger partial charge on any atom is 0.209 e. The molecule has 1 aromatic heterocycles. The molecule has 1 aliphatic rings. The second-order valence-electron chi connectivity index (χ2n) is 8.71. The van der Waals surface area contributed by atoms with E-state index in [1.165, 1.54) is 28.6 Å². The van der Waals surface area contributed by atoms with Crippen molar-refractivity contribution in [3.8, 4) is 0 Å². The van der Waals surface area contributed by atoms with E-state index in [0.717, 1.165) is 38.8 Å². The Labute approximate surface area is 191 Å². The summed E-state index contributed by atoms with van der Waals surface area (Å²) >= 11 is 0. The Morgan fingerprint density at radius 1 is 1.16 bits per heavy atom. The Balaban J connectivity index is 0.000000502. The number of aromatic amines is 1. The van der Waals surface area contributed by atoms with Crippen LogP contribution in [0.3, 0.4) is 0 Å². The van der Waals surface area contributed by atoms with E-state index in [4.69, 9.17) is 0 Å². The molecule has 0 spiro atoms. The Hall–Kier alpha value is -1.81. The van der Waals surface area contributed by atoms with Gasteiger partial charge in [0.1, 0.15) is 0 Å². The van der Waals surface area contributed by atoms with E-state index in [1.54, 1.807) is 4.90 Å². The van der Waals surface area contributed by atoms with Crippen LogP contribution in [-0.4, -0.2) is 40.1 Å². The number of amides is 1. The number of aryl methyl sites for hydroxylation is 1. The van der Waals surface area contributed by atoms with Gasteiger partial charge in [0.2, 0.25) is 6.41 Å². The molecule has 4 heteroatoms. The summed E-state index contributed by atoms with van der Waals surface area (Å²) in [6.45, 7) is 20.0. The van der Waals surface area contributed by atoms with Gasteiger partial charge >= 0.3 is 0 Å². The van der Waals surface area contributed by atoms with Crippen molar-refractivity contribution in [1.82, 2.24) is 9.88 Å². The van der Waals surface area contributed by atoms with Crippen molar-refractivity contribution in [2.24, 2.45) is 5.92 Å². The van der Waals surface area contributed by atoms with Crippen LogP contribution in [0.25, 0.3) is 10.9 Å². The molecule has 1 fully saturated rings. The summed E-state index contributed by atoms with van der Waals surface area (Å²) in [4.78, 5) is 15.6. The fraction of sp³-hybridized carbons (Fsp3) is 0.667. The third-order valence-electron chi connectivity index (χ3n) is 5.55. The third kappa shape index (κ3) is 10.9. The molecule has 1 saturated heterocycles. The topological polar surface area (TPSA) is 56.3 Å². The maximum absolute atomic E-state index is 10.4. The predicted molar refractivity (Wildman–Crippen MR) is 136 cm³/mol. The van der Waals surface area contributed by atoms with Gasteiger partial charge in [-0.05, 0) is 87.4 Å². The largest absolute Gasteiger partial charge is 0.390 e. The standard InChI is InChI=1S/C13H17N.C10H19NO2.2C2H6/c1-4-9(2)11-5-6-13-12(8-11)7-10(3)14-13;1-10(2,13)7-9-3-5-11(8-12)6-4-9;2*1-2/h5-9,14H,4H2,1-3H3;8-9,13H,3-7H2,1-2H3;2*1-2H3. The minimum atomic E-state index is -0.561. The number of carbonyl (C=O) groups excluding carboxylic acids is 1. The molecule has 4 nitrogen and oxygen atoms in total. The molecule has 1 atom stereocenters. The number of nitrogens with zero attached hydrogens (tertiary/aromatic N) is 1. The molecular formula is C27H48N2O2. The van der Waals surface area contributed by atoms with Crippen LogP contribution in [0.2, 0.25) is 0 Å². The highest BCUT2D eigenvalue weighted by Gasteiger charge is 2.24. The molecular weight excluding hydrogens is 384 g/mol. The zero-order valence-electron chi connectivity index (χ0n) is 21.6. The summed E-state index contributed by atoms with van der Waals surface area (Å²) in [7, 11) is 0. The molecule has 2 aromatic rings. The minimum absolute atomic E-state index is 0.561. The van der Waals surface area contributed by atoms with Gasteiger partial charge in [0, 0.05) is 24.3 Å². The number of hydrogen-bond acceptors (Lipinski definition) is 2. The summed E-state index contributed by atoms with van der Waals surface area (Å²) < 4.78 is 0. The Morgan fingerprint density at radius 3 is 2.23 bits per heavy atom. The summed E-state index contributed by atoms with van der Waals surface area (Å²) in [5, 5.41) is 10.9. The molecule has 1 aliphatic heterocycles. The number of H-pyrrole nitrogens is 1. The number of nitrogens with one attached hydrogen (secondary N) is 1. The summed E-state index contributed by atoms with van der Waals surface area (Å²) in [6, 6.07) is 8.92. The SMILES string of the molecule is CC.CC.CC(C)(O)CC1CCN(C=O)CC1.CCC(C)c1ccc2[nH]c(C)cc2c1. The van der Waals surface area contributed by atoms with Crippen LogP contribution in [0.15, 0.2) is 24.3 Å². The molecule has 2 N–H and O–H groups in total. The number of benzene rings is 1. The number of rotatable bonds is 5. The Bertz CT molecular complexity index is 722.